The van der Waals surface area contributed by atoms with E-state index in [0.717, 1.165) is 15.6 Å². The first-order chi connectivity index (χ1) is 11.0. The highest BCUT2D eigenvalue weighted by molar-refractivity contribution is 9.10. The Morgan fingerprint density at radius 1 is 1.09 bits per heavy atom. The Kier molecular flexibility index (Phi) is 5.93. The first kappa shape index (κ1) is 17.2. The van der Waals surface area contributed by atoms with Gasteiger partial charge in [0.15, 0.2) is 0 Å². The molecule has 0 unspecified atom stereocenters. The van der Waals surface area contributed by atoms with Gasteiger partial charge in [-0.25, -0.2) is 0 Å². The molecule has 0 radical (unpaired) electrons. The number of amides is 2. The van der Waals surface area contributed by atoms with E-state index in [9.17, 15) is 9.59 Å². The van der Waals surface area contributed by atoms with Crippen LogP contribution in [-0.4, -0.2) is 30.3 Å². The summed E-state index contributed by atoms with van der Waals surface area (Å²) in [6, 6.07) is 15.1. The van der Waals surface area contributed by atoms with E-state index >= 15 is 0 Å². The number of hydrogen-bond donors (Lipinski definition) is 1. The van der Waals surface area contributed by atoms with Crippen LogP contribution in [0.1, 0.15) is 21.5 Å². The van der Waals surface area contributed by atoms with E-state index in [0.29, 0.717) is 12.1 Å². The highest BCUT2D eigenvalue weighted by Gasteiger charge is 2.13. The van der Waals surface area contributed by atoms with Crippen LogP contribution in [0.25, 0.3) is 0 Å². The van der Waals surface area contributed by atoms with Crippen molar-refractivity contribution in [3.63, 3.8) is 0 Å². The maximum absolute atomic E-state index is 12.1. The van der Waals surface area contributed by atoms with Crippen molar-refractivity contribution in [1.82, 2.24) is 10.2 Å². The van der Waals surface area contributed by atoms with Crippen LogP contribution >= 0.6 is 15.9 Å². The summed E-state index contributed by atoms with van der Waals surface area (Å²) in [5, 5.41) is 2.68. The third-order valence-corrected chi connectivity index (χ3v) is 4.08. The molecule has 2 aromatic rings. The lowest BCUT2D eigenvalue weighted by atomic mass is 10.1. The van der Waals surface area contributed by atoms with Crippen LogP contribution in [0.5, 0.6) is 0 Å². The van der Waals surface area contributed by atoms with Crippen LogP contribution in [-0.2, 0) is 11.3 Å². The lowest BCUT2D eigenvalue weighted by Gasteiger charge is -2.18. The monoisotopic (exact) mass is 374 g/mol. The molecule has 2 rings (SSSR count). The Balaban J connectivity index is 1.87. The van der Waals surface area contributed by atoms with E-state index in [2.05, 4.69) is 21.2 Å². The van der Waals surface area contributed by atoms with E-state index in [4.69, 9.17) is 0 Å². The minimum absolute atomic E-state index is 0.0137. The van der Waals surface area contributed by atoms with Crippen LogP contribution in [0.3, 0.4) is 0 Å². The quantitative estimate of drug-likeness (QED) is 0.873. The molecule has 0 aliphatic heterocycles. The van der Waals surface area contributed by atoms with Gasteiger partial charge in [0.05, 0.1) is 6.54 Å². The van der Waals surface area contributed by atoms with Gasteiger partial charge in [0.1, 0.15) is 0 Å². The minimum Gasteiger partial charge on any atom is -0.343 e. The van der Waals surface area contributed by atoms with Crippen LogP contribution in [0, 0.1) is 6.92 Å². The fourth-order valence-electron chi connectivity index (χ4n) is 2.17. The van der Waals surface area contributed by atoms with Crippen LogP contribution in [0.2, 0.25) is 0 Å². The van der Waals surface area contributed by atoms with Crippen LogP contribution in [0.15, 0.2) is 53.0 Å². The van der Waals surface area contributed by atoms with E-state index in [1.165, 1.54) is 0 Å². The van der Waals surface area contributed by atoms with Gasteiger partial charge in [-0.05, 0) is 36.2 Å². The zero-order valence-electron chi connectivity index (χ0n) is 13.2. The van der Waals surface area contributed by atoms with Gasteiger partial charge in [-0.15, -0.1) is 0 Å². The van der Waals surface area contributed by atoms with Gasteiger partial charge in [-0.2, -0.15) is 0 Å². The van der Waals surface area contributed by atoms with Crippen molar-refractivity contribution in [2.75, 3.05) is 13.6 Å². The zero-order chi connectivity index (χ0) is 16.8. The van der Waals surface area contributed by atoms with Crippen molar-refractivity contribution >= 4 is 27.7 Å². The molecule has 5 heteroatoms. The average Bonchev–Trinajstić information content (AvgIpc) is 2.54. The molecular weight excluding hydrogens is 356 g/mol. The lowest BCUT2D eigenvalue weighted by molar-refractivity contribution is -0.129. The van der Waals surface area contributed by atoms with Gasteiger partial charge in [0.2, 0.25) is 5.91 Å². The summed E-state index contributed by atoms with van der Waals surface area (Å²) in [6.45, 7) is 2.36. The number of aryl methyl sites for hydroxylation is 1. The molecule has 0 aliphatic carbocycles. The summed E-state index contributed by atoms with van der Waals surface area (Å²) >= 11 is 3.38. The first-order valence-electron chi connectivity index (χ1n) is 7.29. The number of likely N-dealkylation sites (N-methyl/N-ethyl adjacent to an activating group) is 1. The molecule has 1 N–H and O–H groups in total. The molecule has 0 bridgehead atoms. The molecule has 23 heavy (non-hydrogen) atoms. The summed E-state index contributed by atoms with van der Waals surface area (Å²) in [6.07, 6.45) is 0. The number of nitrogens with one attached hydrogen (secondary N) is 1. The van der Waals surface area contributed by atoms with Gasteiger partial charge < -0.3 is 10.2 Å². The highest BCUT2D eigenvalue weighted by atomic mass is 79.9. The molecule has 2 amide bonds. The number of rotatable bonds is 5. The molecule has 0 heterocycles. The fourth-order valence-corrected chi connectivity index (χ4v) is 2.43. The second-order valence-electron chi connectivity index (χ2n) is 5.37. The average molecular weight is 375 g/mol. The smallest absolute Gasteiger partial charge is 0.251 e. The first-order valence-corrected chi connectivity index (χ1v) is 8.09. The number of carbonyl (C=O) groups excluding carboxylic acids is 2. The molecule has 0 atom stereocenters. The standard InChI is InChI=1S/C18H19BrN2O2/c1-13-5-3-4-6-16(13)18(23)20-11-17(22)21(2)12-14-7-9-15(19)10-8-14/h3-10H,11-12H2,1-2H3,(H,20,23). The Bertz CT molecular complexity index is 698. The fraction of sp³-hybridized carbons (Fsp3) is 0.222. The molecule has 4 nitrogen and oxygen atoms in total. The van der Waals surface area contributed by atoms with Crippen molar-refractivity contribution in [2.24, 2.45) is 0 Å². The molecule has 0 aliphatic rings. The maximum atomic E-state index is 12.1. The normalized spacial score (nSPS) is 10.2. The number of nitrogens with zero attached hydrogens (tertiary/aromatic N) is 1. The molecule has 0 aromatic heterocycles. The van der Waals surface area contributed by atoms with E-state index < -0.39 is 0 Å². The third-order valence-electron chi connectivity index (χ3n) is 3.55. The second-order valence-corrected chi connectivity index (χ2v) is 6.29. The Hall–Kier alpha value is -2.14. The molecule has 0 saturated carbocycles. The van der Waals surface area contributed by atoms with E-state index in [1.54, 1.807) is 18.0 Å². The van der Waals surface area contributed by atoms with E-state index in [1.807, 2.05) is 49.4 Å². The number of carbonyl (C=O) groups is 2. The highest BCUT2D eigenvalue weighted by Crippen LogP contribution is 2.12. The van der Waals surface area contributed by atoms with E-state index in [-0.39, 0.29) is 18.4 Å². The summed E-state index contributed by atoms with van der Waals surface area (Å²) in [4.78, 5) is 25.8. The van der Waals surface area contributed by atoms with Gasteiger partial charge in [0, 0.05) is 23.6 Å². The zero-order valence-corrected chi connectivity index (χ0v) is 14.8. The maximum Gasteiger partial charge on any atom is 0.251 e. The summed E-state index contributed by atoms with van der Waals surface area (Å²) in [5.41, 5.74) is 2.52. The number of hydrogen-bond acceptors (Lipinski definition) is 2. The predicted molar refractivity (Wildman–Crippen MR) is 94.1 cm³/mol. The third kappa shape index (κ3) is 4.93. The molecular formula is C18H19BrN2O2. The summed E-state index contributed by atoms with van der Waals surface area (Å²) in [5.74, 6) is -0.358. The summed E-state index contributed by atoms with van der Waals surface area (Å²) < 4.78 is 1.00. The van der Waals surface area contributed by atoms with Gasteiger partial charge in [0.25, 0.3) is 5.91 Å². The van der Waals surface area contributed by atoms with Crippen molar-refractivity contribution in [1.29, 1.82) is 0 Å². The van der Waals surface area contributed by atoms with Crippen LogP contribution < -0.4 is 5.32 Å². The Labute approximate surface area is 144 Å². The predicted octanol–water partition coefficient (Wildman–Crippen LogP) is 3.15. The Morgan fingerprint density at radius 2 is 1.74 bits per heavy atom. The second kappa shape index (κ2) is 7.92. The SMILES string of the molecule is Cc1ccccc1C(=O)NCC(=O)N(C)Cc1ccc(Br)cc1. The van der Waals surface area contributed by atoms with Gasteiger partial charge in [-0.1, -0.05) is 46.3 Å². The van der Waals surface area contributed by atoms with Crippen molar-refractivity contribution in [3.05, 3.63) is 69.7 Å². The molecule has 0 fully saturated rings. The number of halogens is 1. The van der Waals surface area contributed by atoms with Crippen LogP contribution in [0.4, 0.5) is 0 Å². The summed E-state index contributed by atoms with van der Waals surface area (Å²) in [7, 11) is 1.73. The minimum atomic E-state index is -0.228. The lowest BCUT2D eigenvalue weighted by Crippen LogP contribution is -2.38. The number of benzene rings is 2. The largest absolute Gasteiger partial charge is 0.343 e. The van der Waals surface area contributed by atoms with Crippen molar-refractivity contribution in [3.8, 4) is 0 Å². The topological polar surface area (TPSA) is 49.4 Å². The molecule has 0 spiro atoms. The molecule has 0 saturated heterocycles. The van der Waals surface area contributed by atoms with Gasteiger partial charge in [-0.3, -0.25) is 9.59 Å². The van der Waals surface area contributed by atoms with Crippen molar-refractivity contribution in [2.45, 2.75) is 13.5 Å². The Morgan fingerprint density at radius 3 is 2.39 bits per heavy atom. The van der Waals surface area contributed by atoms with Crippen molar-refractivity contribution < 1.29 is 9.59 Å². The van der Waals surface area contributed by atoms with Gasteiger partial charge >= 0.3 is 0 Å². The molecule has 2 aromatic carbocycles. The molecule has 120 valence electrons.